The first-order valence-corrected chi connectivity index (χ1v) is 5.55. The first-order valence-electron chi connectivity index (χ1n) is 4.38. The Kier molecular flexibility index (Phi) is 4.36. The summed E-state index contributed by atoms with van der Waals surface area (Å²) in [7, 11) is 0. The van der Waals surface area contributed by atoms with Gasteiger partial charge in [0, 0.05) is 16.0 Å². The third kappa shape index (κ3) is 3.68. The van der Waals surface area contributed by atoms with E-state index in [-0.39, 0.29) is 5.91 Å². The Bertz CT molecular complexity index is 404. The number of halogens is 2. The molecule has 0 aliphatic heterocycles. The van der Waals surface area contributed by atoms with Gasteiger partial charge in [-0.15, -0.1) is 0 Å². The molecule has 0 heterocycles. The lowest BCUT2D eigenvalue weighted by molar-refractivity contribution is 0.0956. The van der Waals surface area contributed by atoms with Crippen molar-refractivity contribution in [2.75, 3.05) is 6.54 Å². The zero-order valence-corrected chi connectivity index (χ0v) is 10.7. The Morgan fingerprint density at radius 3 is 2.87 bits per heavy atom. The number of rotatable bonds is 3. The van der Waals surface area contributed by atoms with Crippen LogP contribution in [0, 0.1) is 0 Å². The van der Waals surface area contributed by atoms with Crippen LogP contribution in [0.1, 0.15) is 17.3 Å². The van der Waals surface area contributed by atoms with Crippen LogP contribution in [0.4, 0.5) is 0 Å². The van der Waals surface area contributed by atoms with E-state index in [1.165, 1.54) is 0 Å². The number of amides is 1. The van der Waals surface area contributed by atoms with Gasteiger partial charge in [-0.2, -0.15) is 0 Å². The summed E-state index contributed by atoms with van der Waals surface area (Å²) in [4.78, 5) is 11.7. The molecular formula is C11H11BrClNO. The van der Waals surface area contributed by atoms with Gasteiger partial charge in [-0.1, -0.05) is 23.8 Å². The maximum atomic E-state index is 11.7. The number of carbonyl (C=O) groups excluding carboxylic acids is 1. The second-order valence-electron chi connectivity index (χ2n) is 3.26. The summed E-state index contributed by atoms with van der Waals surface area (Å²) >= 11 is 9.10. The van der Waals surface area contributed by atoms with Gasteiger partial charge in [0.05, 0.1) is 5.56 Å². The van der Waals surface area contributed by atoms with Gasteiger partial charge in [-0.05, 0) is 41.1 Å². The van der Waals surface area contributed by atoms with E-state index in [9.17, 15) is 4.79 Å². The summed E-state index contributed by atoms with van der Waals surface area (Å²) in [5.74, 6) is -0.160. The third-order valence-corrected chi connectivity index (χ3v) is 2.65. The van der Waals surface area contributed by atoms with Crippen molar-refractivity contribution in [3.63, 3.8) is 0 Å². The highest BCUT2D eigenvalue weighted by Crippen LogP contribution is 2.20. The average molecular weight is 289 g/mol. The van der Waals surface area contributed by atoms with Crippen LogP contribution in [0.25, 0.3) is 0 Å². The third-order valence-electron chi connectivity index (χ3n) is 1.72. The largest absolute Gasteiger partial charge is 0.348 e. The Balaban J connectivity index is 2.81. The van der Waals surface area contributed by atoms with Crippen molar-refractivity contribution < 1.29 is 4.79 Å². The van der Waals surface area contributed by atoms with Gasteiger partial charge in [0.15, 0.2) is 0 Å². The molecule has 0 unspecified atom stereocenters. The number of carbonyl (C=O) groups is 1. The Labute approximate surface area is 102 Å². The lowest BCUT2D eigenvalue weighted by Gasteiger charge is -2.06. The zero-order chi connectivity index (χ0) is 11.4. The van der Waals surface area contributed by atoms with E-state index in [2.05, 4.69) is 27.8 Å². The van der Waals surface area contributed by atoms with Crippen molar-refractivity contribution in [3.05, 3.63) is 45.4 Å². The molecule has 2 nitrogen and oxygen atoms in total. The fraction of sp³-hybridized carbons (Fsp3) is 0.182. The molecule has 1 aromatic rings. The van der Waals surface area contributed by atoms with E-state index < -0.39 is 0 Å². The minimum absolute atomic E-state index is 0.160. The molecule has 4 heteroatoms. The van der Waals surface area contributed by atoms with Crippen LogP contribution >= 0.6 is 27.5 Å². The van der Waals surface area contributed by atoms with Gasteiger partial charge in [0.1, 0.15) is 0 Å². The number of benzene rings is 1. The molecule has 0 aromatic heterocycles. The highest BCUT2D eigenvalue weighted by atomic mass is 79.9. The van der Waals surface area contributed by atoms with Crippen molar-refractivity contribution in [2.45, 2.75) is 6.92 Å². The van der Waals surface area contributed by atoms with Crippen molar-refractivity contribution >= 4 is 33.4 Å². The average Bonchev–Trinajstić information content (AvgIpc) is 2.18. The highest BCUT2D eigenvalue weighted by Gasteiger charge is 2.09. The van der Waals surface area contributed by atoms with Crippen molar-refractivity contribution in [3.8, 4) is 0 Å². The summed E-state index contributed by atoms with van der Waals surface area (Å²) in [6.07, 6.45) is 0. The van der Waals surface area contributed by atoms with Gasteiger partial charge >= 0.3 is 0 Å². The summed E-state index contributed by atoms with van der Waals surface area (Å²) in [6, 6.07) is 5.10. The van der Waals surface area contributed by atoms with E-state index in [0.717, 1.165) is 10.0 Å². The summed E-state index contributed by atoms with van der Waals surface area (Å²) in [6.45, 7) is 6.03. The maximum absolute atomic E-state index is 11.7. The molecule has 0 saturated carbocycles. The number of nitrogens with one attached hydrogen (secondary N) is 1. The molecule has 1 aromatic carbocycles. The zero-order valence-electron chi connectivity index (χ0n) is 8.31. The van der Waals surface area contributed by atoms with Crippen molar-refractivity contribution in [1.29, 1.82) is 0 Å². The highest BCUT2D eigenvalue weighted by molar-refractivity contribution is 9.10. The van der Waals surface area contributed by atoms with Crippen LogP contribution in [0.3, 0.4) is 0 Å². The van der Waals surface area contributed by atoms with Crippen LogP contribution in [-0.2, 0) is 0 Å². The Hall–Kier alpha value is -0.800. The Morgan fingerprint density at radius 1 is 1.60 bits per heavy atom. The summed E-state index contributed by atoms with van der Waals surface area (Å²) in [5.41, 5.74) is 1.44. The quantitative estimate of drug-likeness (QED) is 0.849. The van der Waals surface area contributed by atoms with Crippen molar-refractivity contribution in [2.24, 2.45) is 0 Å². The first kappa shape index (κ1) is 12.3. The molecule has 80 valence electrons. The van der Waals surface area contributed by atoms with Crippen LogP contribution in [0.5, 0.6) is 0 Å². The minimum atomic E-state index is -0.160. The van der Waals surface area contributed by atoms with E-state index in [0.29, 0.717) is 17.1 Å². The molecule has 0 saturated heterocycles. The molecule has 1 N–H and O–H groups in total. The van der Waals surface area contributed by atoms with E-state index >= 15 is 0 Å². The van der Waals surface area contributed by atoms with Crippen LogP contribution < -0.4 is 5.32 Å². The van der Waals surface area contributed by atoms with Crippen LogP contribution in [-0.4, -0.2) is 12.5 Å². The first-order chi connectivity index (χ1) is 7.00. The lowest BCUT2D eigenvalue weighted by Crippen LogP contribution is -2.25. The second kappa shape index (κ2) is 5.33. The predicted molar refractivity (Wildman–Crippen MR) is 66.3 cm³/mol. The smallest absolute Gasteiger partial charge is 0.252 e. The molecule has 15 heavy (non-hydrogen) atoms. The van der Waals surface area contributed by atoms with Gasteiger partial charge in [-0.3, -0.25) is 4.79 Å². The van der Waals surface area contributed by atoms with Gasteiger partial charge in [-0.25, -0.2) is 0 Å². The molecular weight excluding hydrogens is 277 g/mol. The molecule has 1 rings (SSSR count). The lowest BCUT2D eigenvalue weighted by atomic mass is 10.2. The molecule has 0 aliphatic carbocycles. The summed E-state index contributed by atoms with van der Waals surface area (Å²) in [5, 5.41) is 3.28. The minimum Gasteiger partial charge on any atom is -0.348 e. The Morgan fingerprint density at radius 2 is 2.27 bits per heavy atom. The van der Waals surface area contributed by atoms with Crippen LogP contribution in [0.15, 0.2) is 34.8 Å². The van der Waals surface area contributed by atoms with E-state index in [1.54, 1.807) is 18.2 Å². The molecule has 1 amide bonds. The van der Waals surface area contributed by atoms with Crippen LogP contribution in [0.2, 0.25) is 5.02 Å². The molecule has 0 bridgehead atoms. The monoisotopic (exact) mass is 287 g/mol. The molecule has 0 atom stereocenters. The predicted octanol–water partition coefficient (Wildman–Crippen LogP) is 3.41. The maximum Gasteiger partial charge on any atom is 0.252 e. The van der Waals surface area contributed by atoms with Crippen molar-refractivity contribution in [1.82, 2.24) is 5.32 Å². The topological polar surface area (TPSA) is 29.1 Å². The number of hydrogen-bond acceptors (Lipinski definition) is 1. The second-order valence-corrected chi connectivity index (χ2v) is 4.55. The number of hydrogen-bond donors (Lipinski definition) is 1. The van der Waals surface area contributed by atoms with Gasteiger partial charge < -0.3 is 5.32 Å². The normalized spacial score (nSPS) is 9.80. The van der Waals surface area contributed by atoms with Gasteiger partial charge in [0.25, 0.3) is 5.91 Å². The SMILES string of the molecule is C=C(C)CNC(=O)c1cc(Cl)ccc1Br. The summed E-state index contributed by atoms with van der Waals surface area (Å²) < 4.78 is 0.728. The molecule has 0 aliphatic rings. The van der Waals surface area contributed by atoms with Gasteiger partial charge in [0.2, 0.25) is 0 Å². The molecule has 0 spiro atoms. The van der Waals surface area contributed by atoms with E-state index in [1.807, 2.05) is 6.92 Å². The molecule has 0 radical (unpaired) electrons. The molecule has 0 fully saturated rings. The fourth-order valence-electron chi connectivity index (χ4n) is 0.998. The standard InChI is InChI=1S/C11H11BrClNO/c1-7(2)6-14-11(15)9-5-8(13)3-4-10(9)12/h3-5H,1,6H2,2H3,(H,14,15). The fourth-order valence-corrected chi connectivity index (χ4v) is 1.60. The van der Waals surface area contributed by atoms with E-state index in [4.69, 9.17) is 11.6 Å².